The van der Waals surface area contributed by atoms with Gasteiger partial charge in [0, 0.05) is 11.7 Å². The number of benzene rings is 2. The summed E-state index contributed by atoms with van der Waals surface area (Å²) < 4.78 is 0. The summed E-state index contributed by atoms with van der Waals surface area (Å²) in [5.74, 6) is 0.665. The Morgan fingerprint density at radius 3 is 2.54 bits per heavy atom. The van der Waals surface area contributed by atoms with Crippen LogP contribution in [-0.4, -0.2) is 24.0 Å². The van der Waals surface area contributed by atoms with Crippen LogP contribution < -0.4 is 16.4 Å². The fraction of sp³-hybridized carbons (Fsp3) is 0.316. The predicted molar refractivity (Wildman–Crippen MR) is 117 cm³/mol. The molecule has 0 saturated heterocycles. The van der Waals surface area contributed by atoms with E-state index in [1.807, 2.05) is 36.6 Å². The maximum atomic E-state index is 12.1. The van der Waals surface area contributed by atoms with Gasteiger partial charge in [0.1, 0.15) is 0 Å². The fourth-order valence-corrected chi connectivity index (χ4v) is 3.10. The zero-order chi connectivity index (χ0) is 18.2. The van der Waals surface area contributed by atoms with E-state index in [-0.39, 0.29) is 24.4 Å². The lowest BCUT2D eigenvalue weighted by atomic mass is 10.1. The highest BCUT2D eigenvalue weighted by Crippen LogP contribution is 2.29. The average molecular weight is 414 g/mol. The van der Waals surface area contributed by atoms with Crippen molar-refractivity contribution in [3.8, 4) is 0 Å². The number of nitrogens with one attached hydrogen (secondary N) is 2. The van der Waals surface area contributed by atoms with E-state index in [1.54, 1.807) is 17.8 Å². The van der Waals surface area contributed by atoms with Crippen molar-refractivity contribution in [3.63, 3.8) is 0 Å². The molecule has 0 fully saturated rings. The molecule has 2 aromatic rings. The second-order valence-electron chi connectivity index (χ2n) is 5.85. The van der Waals surface area contributed by atoms with Gasteiger partial charge in [0.05, 0.1) is 16.8 Å². The lowest BCUT2D eigenvalue weighted by molar-refractivity contribution is -0.117. The van der Waals surface area contributed by atoms with Gasteiger partial charge in [0.25, 0.3) is 0 Å². The summed E-state index contributed by atoms with van der Waals surface area (Å²) in [6.45, 7) is 2.08. The Balaban J connectivity index is 0.00000338. The van der Waals surface area contributed by atoms with Gasteiger partial charge in [-0.1, -0.05) is 41.9 Å². The number of hydrogen-bond acceptors (Lipinski definition) is 4. The van der Waals surface area contributed by atoms with Crippen molar-refractivity contribution in [2.24, 2.45) is 5.73 Å². The third kappa shape index (κ3) is 6.72. The first-order valence-corrected chi connectivity index (χ1v) is 9.95. The van der Waals surface area contributed by atoms with Crippen molar-refractivity contribution >= 4 is 53.1 Å². The second kappa shape index (κ2) is 11.3. The van der Waals surface area contributed by atoms with Crippen LogP contribution >= 0.6 is 35.8 Å². The van der Waals surface area contributed by atoms with Crippen LogP contribution in [0.4, 0.5) is 11.4 Å². The molecule has 4 nitrogen and oxygen atoms in total. The highest BCUT2D eigenvalue weighted by Gasteiger charge is 2.14. The van der Waals surface area contributed by atoms with Crippen LogP contribution in [0.15, 0.2) is 48.5 Å². The van der Waals surface area contributed by atoms with Crippen molar-refractivity contribution in [2.45, 2.75) is 25.4 Å². The molecule has 2 rings (SSSR count). The fourth-order valence-electron chi connectivity index (χ4n) is 2.38. The highest BCUT2D eigenvalue weighted by atomic mass is 35.5. The Bertz CT molecular complexity index is 700. The molecule has 0 bridgehead atoms. The smallest absolute Gasteiger partial charge is 0.241 e. The maximum Gasteiger partial charge on any atom is 0.241 e. The van der Waals surface area contributed by atoms with E-state index in [4.69, 9.17) is 17.3 Å². The predicted octanol–water partition coefficient (Wildman–Crippen LogP) is 4.95. The second-order valence-corrected chi connectivity index (χ2v) is 7.24. The molecule has 26 heavy (non-hydrogen) atoms. The molecule has 4 N–H and O–H groups in total. The van der Waals surface area contributed by atoms with E-state index in [1.165, 1.54) is 5.56 Å². The number of nitrogens with two attached hydrogens (primary N) is 1. The SMILES string of the molecule is CSCC[C@H](N)C(=O)Nc1ccc(NC(C)c2ccccc2)c(Cl)c1.Cl. The summed E-state index contributed by atoms with van der Waals surface area (Å²) in [5.41, 5.74) is 8.52. The number of carbonyl (C=O) groups excluding carboxylic acids is 1. The minimum absolute atomic E-state index is 0. The van der Waals surface area contributed by atoms with Crippen LogP contribution in [-0.2, 0) is 4.79 Å². The van der Waals surface area contributed by atoms with Crippen LogP contribution in [0.5, 0.6) is 0 Å². The molecule has 2 aromatic carbocycles. The largest absolute Gasteiger partial charge is 0.377 e. The van der Waals surface area contributed by atoms with Gasteiger partial charge >= 0.3 is 0 Å². The third-order valence-corrected chi connectivity index (χ3v) is 4.83. The average Bonchev–Trinajstić information content (AvgIpc) is 2.62. The number of thioether (sulfide) groups is 1. The number of anilines is 2. The summed E-state index contributed by atoms with van der Waals surface area (Å²) in [5, 5.41) is 6.76. The molecular formula is C19H25Cl2N3OS. The van der Waals surface area contributed by atoms with E-state index in [0.717, 1.165) is 11.4 Å². The lowest BCUT2D eigenvalue weighted by Gasteiger charge is -2.18. The molecule has 0 aliphatic carbocycles. The molecular weight excluding hydrogens is 389 g/mol. The topological polar surface area (TPSA) is 67.2 Å². The number of carbonyl (C=O) groups is 1. The van der Waals surface area contributed by atoms with E-state index in [2.05, 4.69) is 29.7 Å². The summed E-state index contributed by atoms with van der Waals surface area (Å²) in [6, 6.07) is 15.2. The molecule has 0 heterocycles. The first-order valence-electron chi connectivity index (χ1n) is 8.17. The Labute approximate surface area is 170 Å². The van der Waals surface area contributed by atoms with Crippen molar-refractivity contribution in [2.75, 3.05) is 22.6 Å². The van der Waals surface area contributed by atoms with Gasteiger partial charge in [0.15, 0.2) is 0 Å². The Kier molecular flexibility index (Phi) is 9.88. The van der Waals surface area contributed by atoms with Crippen molar-refractivity contribution < 1.29 is 4.79 Å². The summed E-state index contributed by atoms with van der Waals surface area (Å²) in [6.07, 6.45) is 2.64. The molecule has 0 spiro atoms. The van der Waals surface area contributed by atoms with E-state index in [9.17, 15) is 4.79 Å². The zero-order valence-corrected chi connectivity index (χ0v) is 17.3. The van der Waals surface area contributed by atoms with E-state index in [0.29, 0.717) is 17.1 Å². The van der Waals surface area contributed by atoms with Crippen molar-refractivity contribution in [1.82, 2.24) is 0 Å². The monoisotopic (exact) mass is 413 g/mol. The van der Waals surface area contributed by atoms with Gasteiger partial charge in [-0.3, -0.25) is 4.79 Å². The van der Waals surface area contributed by atoms with Gasteiger partial charge in [0.2, 0.25) is 5.91 Å². The molecule has 0 radical (unpaired) electrons. The van der Waals surface area contributed by atoms with Crippen LogP contribution in [0.2, 0.25) is 5.02 Å². The first kappa shape index (κ1) is 22.6. The van der Waals surface area contributed by atoms with Crippen LogP contribution in [0.1, 0.15) is 24.9 Å². The number of rotatable bonds is 8. The van der Waals surface area contributed by atoms with Gasteiger partial charge in [-0.15, -0.1) is 12.4 Å². The number of amides is 1. The molecule has 0 aliphatic rings. The van der Waals surface area contributed by atoms with Crippen LogP contribution in [0, 0.1) is 0 Å². The molecule has 142 valence electrons. The number of halogens is 2. The van der Waals surface area contributed by atoms with Gasteiger partial charge in [-0.2, -0.15) is 11.8 Å². The molecule has 0 aliphatic heterocycles. The summed E-state index contributed by atoms with van der Waals surface area (Å²) >= 11 is 8.03. The number of hydrogen-bond donors (Lipinski definition) is 3. The molecule has 1 unspecified atom stereocenters. The van der Waals surface area contributed by atoms with Gasteiger partial charge in [-0.05, 0) is 49.1 Å². The van der Waals surface area contributed by atoms with Crippen molar-refractivity contribution in [1.29, 1.82) is 0 Å². The van der Waals surface area contributed by atoms with Crippen LogP contribution in [0.3, 0.4) is 0 Å². The minimum atomic E-state index is -0.512. The molecule has 0 saturated carbocycles. The first-order chi connectivity index (χ1) is 12.0. The quantitative estimate of drug-likeness (QED) is 0.572. The Morgan fingerprint density at radius 2 is 1.92 bits per heavy atom. The zero-order valence-electron chi connectivity index (χ0n) is 14.9. The normalized spacial score (nSPS) is 12.6. The Morgan fingerprint density at radius 1 is 1.23 bits per heavy atom. The molecule has 7 heteroatoms. The molecule has 2 atom stereocenters. The van der Waals surface area contributed by atoms with Gasteiger partial charge in [-0.25, -0.2) is 0 Å². The minimum Gasteiger partial charge on any atom is -0.377 e. The standard InChI is InChI=1S/C19H24ClN3OS.ClH/c1-13(14-6-4-3-5-7-14)22-18-9-8-15(12-16(18)20)23-19(24)17(21)10-11-25-2;/h3-9,12-13,17,22H,10-11,21H2,1-2H3,(H,23,24);1H/t13?,17-;/m0./s1. The summed E-state index contributed by atoms with van der Waals surface area (Å²) in [4.78, 5) is 12.1. The highest BCUT2D eigenvalue weighted by molar-refractivity contribution is 7.98. The Hall–Kier alpha value is -1.40. The molecule has 1 amide bonds. The van der Waals surface area contributed by atoms with E-state index >= 15 is 0 Å². The van der Waals surface area contributed by atoms with Crippen LogP contribution in [0.25, 0.3) is 0 Å². The third-order valence-electron chi connectivity index (χ3n) is 3.88. The van der Waals surface area contributed by atoms with Gasteiger partial charge < -0.3 is 16.4 Å². The maximum absolute atomic E-state index is 12.1. The van der Waals surface area contributed by atoms with E-state index < -0.39 is 6.04 Å². The summed E-state index contributed by atoms with van der Waals surface area (Å²) in [7, 11) is 0. The lowest BCUT2D eigenvalue weighted by Crippen LogP contribution is -2.36. The van der Waals surface area contributed by atoms with Crippen molar-refractivity contribution in [3.05, 3.63) is 59.1 Å². The molecule has 0 aromatic heterocycles.